The third kappa shape index (κ3) is 53.8. The third-order valence-electron chi connectivity index (χ3n) is 11.8. The van der Waals surface area contributed by atoms with Crippen molar-refractivity contribution in [2.24, 2.45) is 0 Å². The number of nitrogens with zero attached hydrogens (tertiary/aromatic N) is 16. The zero-order chi connectivity index (χ0) is 81.4. The van der Waals surface area contributed by atoms with Crippen molar-refractivity contribution in [2.45, 2.75) is 208 Å². The van der Waals surface area contributed by atoms with Crippen molar-refractivity contribution in [1.82, 2.24) is 79.7 Å². The van der Waals surface area contributed by atoms with Crippen LogP contribution >= 0.6 is 0 Å². The van der Waals surface area contributed by atoms with Gasteiger partial charge >= 0.3 is 0 Å². The Hall–Kier alpha value is -11.0. The van der Waals surface area contributed by atoms with E-state index in [1.54, 1.807) is 68.0 Å². The number of hydrogen-bond donors (Lipinski definition) is 0. The second kappa shape index (κ2) is 79.7. The predicted molar refractivity (Wildman–Crippen MR) is 460 cm³/mol. The summed E-state index contributed by atoms with van der Waals surface area (Å²) in [5.41, 5.74) is 11.6. The molecule has 14 rings (SSSR count). The van der Waals surface area contributed by atoms with Gasteiger partial charge in [0.1, 0.15) is 37.0 Å². The quantitative estimate of drug-likeness (QED) is 0.138. The Balaban J connectivity index is -0.000000256. The summed E-state index contributed by atoms with van der Waals surface area (Å²) >= 11 is 0. The first-order valence-electron chi connectivity index (χ1n) is 37.4. The number of aromatic nitrogens is 16. The summed E-state index contributed by atoms with van der Waals surface area (Å²) in [5.74, 6) is 1.58. The minimum absolute atomic E-state index is 0.759. The van der Waals surface area contributed by atoms with Crippen molar-refractivity contribution < 1.29 is 0 Å². The topological polar surface area (TPSA) is 206 Å². The van der Waals surface area contributed by atoms with Gasteiger partial charge in [0.25, 0.3) is 0 Å². The smallest absolute Gasteiger partial charge is 0.128 e. The number of para-hydroxylation sites is 1. The van der Waals surface area contributed by atoms with Gasteiger partial charge < -0.3 is 0 Å². The first-order valence-corrected chi connectivity index (χ1v) is 37.4. The molecule has 572 valence electrons. The van der Waals surface area contributed by atoms with Crippen LogP contribution in [0.25, 0.3) is 43.4 Å². The van der Waals surface area contributed by atoms with Crippen LogP contribution in [0.1, 0.15) is 195 Å². The summed E-state index contributed by atoms with van der Waals surface area (Å²) in [5, 5.41) is 7.48. The van der Waals surface area contributed by atoms with Crippen molar-refractivity contribution in [1.29, 1.82) is 0 Å². The van der Waals surface area contributed by atoms with Crippen LogP contribution in [0.3, 0.4) is 0 Å². The fourth-order valence-electron chi connectivity index (χ4n) is 7.27. The third-order valence-corrected chi connectivity index (χ3v) is 11.8. The standard InChI is InChI=1S/4C10H9N.C6H7N.4C5H6N2.C4H5N3.10C2H6/c1-8-4-2-6-10-9(8)5-3-7-11-10;1-8-4-2-5-9-6-3-7-11-10(8)9;1-8-3-2-4-9-7-11-6-5-10(8)9;1-8-3-2-4-9-5-6-11-7-10(8)9;1-6-2-4-7-5-3-6;1-5-2-6-4-7-3-5;1-5-4-6-2-3-7-5;1-5-2-3-6-4-7-5;1-5-6-3-2-4-7-5;1-4-6-2-5-3-7-4;10*1-2/h4*2-7H,1H3;2-5H,1H3;4*2-4H,1H3;2-3H,1H3;10*1-2H3. The number of hydrogen-bond acceptors (Lipinski definition) is 16. The normalized spacial score (nSPS) is 8.28. The van der Waals surface area contributed by atoms with Gasteiger partial charge in [-0.2, -0.15) is 0 Å². The number of rotatable bonds is 0. The molecule has 16 nitrogen and oxygen atoms in total. The molecule has 0 amide bonds. The summed E-state index contributed by atoms with van der Waals surface area (Å²) in [6.07, 6.45) is 34.5. The molecule has 0 unspecified atom stereocenters. The molecule has 0 saturated heterocycles. The maximum absolute atomic E-state index is 4.28. The van der Waals surface area contributed by atoms with E-state index in [-0.39, 0.29) is 0 Å². The number of benzene rings is 4. The zero-order valence-electron chi connectivity index (χ0n) is 70.4. The van der Waals surface area contributed by atoms with E-state index in [1.807, 2.05) is 272 Å². The van der Waals surface area contributed by atoms with Gasteiger partial charge in [0, 0.05) is 126 Å². The molecule has 0 N–H and O–H groups in total. The number of fused-ring (bicyclic) bond motifs is 4. The minimum Gasteiger partial charge on any atom is -0.265 e. The van der Waals surface area contributed by atoms with Gasteiger partial charge in [-0.05, 0) is 168 Å². The lowest BCUT2D eigenvalue weighted by Crippen LogP contribution is -1.84. The molecule has 0 bridgehead atoms. The monoisotopic (exact) mass is 1440 g/mol. The van der Waals surface area contributed by atoms with Gasteiger partial charge in [-0.25, -0.2) is 44.9 Å². The molecule has 0 aliphatic rings. The Morgan fingerprint density at radius 2 is 0.642 bits per heavy atom. The molecule has 0 fully saturated rings. The van der Waals surface area contributed by atoms with E-state index in [0.29, 0.717) is 0 Å². The first-order chi connectivity index (χ1) is 51.9. The van der Waals surface area contributed by atoms with Crippen LogP contribution in [-0.4, -0.2) is 79.7 Å². The molecular formula is C90H132N16. The van der Waals surface area contributed by atoms with Crippen molar-refractivity contribution >= 4 is 43.4 Å². The average Bonchev–Trinajstić information content (AvgIpc) is 0.869. The van der Waals surface area contributed by atoms with Crippen LogP contribution in [0.2, 0.25) is 0 Å². The molecule has 10 aromatic heterocycles. The lowest BCUT2D eigenvalue weighted by Gasteiger charge is -1.98. The zero-order valence-corrected chi connectivity index (χ0v) is 70.4. The molecule has 0 spiro atoms. The van der Waals surface area contributed by atoms with Gasteiger partial charge in [-0.1, -0.05) is 217 Å². The molecule has 0 atom stereocenters. The molecule has 14 aromatic rings. The number of pyridine rings is 5. The maximum Gasteiger partial charge on any atom is 0.128 e. The van der Waals surface area contributed by atoms with Crippen molar-refractivity contribution in [3.05, 3.63) is 314 Å². The summed E-state index contributed by atoms with van der Waals surface area (Å²) in [7, 11) is 0. The second-order valence-electron chi connectivity index (χ2n) is 18.8. The van der Waals surface area contributed by atoms with E-state index in [9.17, 15) is 0 Å². The van der Waals surface area contributed by atoms with E-state index in [0.717, 1.165) is 39.6 Å². The molecule has 0 aliphatic carbocycles. The molecule has 0 aliphatic heterocycles. The van der Waals surface area contributed by atoms with Gasteiger partial charge in [0.05, 0.1) is 16.7 Å². The first kappa shape index (κ1) is 106. The maximum atomic E-state index is 4.28. The van der Waals surface area contributed by atoms with Crippen molar-refractivity contribution in [3.8, 4) is 0 Å². The van der Waals surface area contributed by atoms with Crippen LogP contribution < -0.4 is 0 Å². The van der Waals surface area contributed by atoms with Crippen molar-refractivity contribution in [2.75, 3.05) is 0 Å². The van der Waals surface area contributed by atoms with Gasteiger partial charge in [0.15, 0.2) is 0 Å². The summed E-state index contributed by atoms with van der Waals surface area (Å²) < 4.78 is 0. The van der Waals surface area contributed by atoms with E-state index < -0.39 is 0 Å². The molecular weight excluding hydrogens is 1310 g/mol. The van der Waals surface area contributed by atoms with Gasteiger partial charge in [0.2, 0.25) is 0 Å². The summed E-state index contributed by atoms with van der Waals surface area (Å²) in [6, 6.07) is 44.7. The van der Waals surface area contributed by atoms with Gasteiger partial charge in [-0.15, -0.1) is 0 Å². The highest BCUT2D eigenvalue weighted by molar-refractivity contribution is 5.85. The van der Waals surface area contributed by atoms with Crippen molar-refractivity contribution in [3.63, 3.8) is 0 Å². The average molecular weight is 1440 g/mol. The largest absolute Gasteiger partial charge is 0.265 e. The fraction of sp³-hybridized carbons (Fsp3) is 0.333. The number of aryl methyl sites for hydroxylation is 10. The van der Waals surface area contributed by atoms with E-state index in [1.165, 1.54) is 85.4 Å². The van der Waals surface area contributed by atoms with Gasteiger partial charge in [-0.3, -0.25) is 34.9 Å². The minimum atomic E-state index is 0.759. The second-order valence-corrected chi connectivity index (χ2v) is 18.8. The molecule has 4 aromatic carbocycles. The van der Waals surface area contributed by atoms with E-state index >= 15 is 0 Å². The molecule has 16 heteroatoms. The summed E-state index contributed by atoms with van der Waals surface area (Å²) in [6.45, 7) is 59.9. The molecule has 106 heavy (non-hydrogen) atoms. The molecule has 10 heterocycles. The Morgan fingerprint density at radius 3 is 1.06 bits per heavy atom. The van der Waals surface area contributed by atoms with E-state index in [2.05, 4.69) is 180 Å². The van der Waals surface area contributed by atoms with E-state index in [4.69, 9.17) is 0 Å². The Bertz CT molecular complexity index is 3450. The highest BCUT2D eigenvalue weighted by Gasteiger charge is 1.97. The van der Waals surface area contributed by atoms with Crippen LogP contribution in [0.5, 0.6) is 0 Å². The molecule has 0 saturated carbocycles. The lowest BCUT2D eigenvalue weighted by molar-refractivity contribution is 0.974. The summed E-state index contributed by atoms with van der Waals surface area (Å²) in [4.78, 5) is 62.3. The van der Waals surface area contributed by atoms with Crippen LogP contribution in [0.4, 0.5) is 0 Å². The van der Waals surface area contributed by atoms with Crippen LogP contribution in [0.15, 0.2) is 258 Å². The Morgan fingerprint density at radius 1 is 0.198 bits per heavy atom. The Kier molecular flexibility index (Phi) is 79.7. The fourth-order valence-corrected chi connectivity index (χ4v) is 7.27. The predicted octanol–water partition coefficient (Wildman–Crippen LogP) is 25.1. The lowest BCUT2D eigenvalue weighted by atomic mass is 10.1. The highest BCUT2D eigenvalue weighted by Crippen LogP contribution is 2.18. The molecule has 0 radical (unpaired) electrons. The van der Waals surface area contributed by atoms with Crippen LogP contribution in [-0.2, 0) is 0 Å². The Labute approximate surface area is 641 Å². The SMILES string of the molecule is CC.CC.CC.CC.CC.CC.CC.CC.CC.CC.Cc1cccc2cccnc12.Cc1cccc2ccncc12.Cc1cccc2cnccc12.Cc1cccc2ncccc12.Cc1ccncc1.Cc1ccncn1.Cc1cnccn1.Cc1cncnc1.Cc1ncccn1.Cc1ncncn1. The highest BCUT2D eigenvalue weighted by atomic mass is 15.0. The van der Waals surface area contributed by atoms with Crippen LogP contribution in [0, 0.1) is 69.2 Å².